The van der Waals surface area contributed by atoms with Crippen molar-refractivity contribution in [2.24, 2.45) is 20.5 Å². The van der Waals surface area contributed by atoms with E-state index in [1.54, 1.807) is 0 Å². The number of halogens is 1. The van der Waals surface area contributed by atoms with Crippen molar-refractivity contribution in [2.75, 3.05) is 41.1 Å². The zero-order valence-electron chi connectivity index (χ0n) is 41.3. The maximum Gasteiger partial charge on any atom is 1.00 e. The molecule has 5 aromatic carbocycles. The largest absolute Gasteiger partial charge is 1.00 e. The van der Waals surface area contributed by atoms with Gasteiger partial charge in [0.05, 0.1) is 78.0 Å². The van der Waals surface area contributed by atoms with Crippen molar-refractivity contribution in [2.45, 2.75) is 24.5 Å². The molecule has 0 radical (unpaired) electrons. The van der Waals surface area contributed by atoms with Gasteiger partial charge in [-0.05, 0) is 89.8 Å². The number of anilines is 5. The topological polar surface area (TPSA) is 515 Å². The van der Waals surface area contributed by atoms with Gasteiger partial charge in [-0.15, -0.1) is 15.3 Å². The smallest absolute Gasteiger partial charge is 0.744 e. The molecule has 6 rings (SSSR count). The number of nitrogen functional groups attached to an aromatic ring is 1. The number of nitrogens with one attached hydrogen (secondary N) is 2. The second kappa shape index (κ2) is 31.9. The Balaban J connectivity index is 0.00000640. The number of benzene rings is 5. The van der Waals surface area contributed by atoms with Gasteiger partial charge in [-0.3, -0.25) is 13.4 Å². The fraction of sp³-hybridized carbons (Fsp3) is 0.114. The van der Waals surface area contributed by atoms with Gasteiger partial charge in [0.25, 0.3) is 0 Å². The van der Waals surface area contributed by atoms with Crippen molar-refractivity contribution in [1.29, 1.82) is 0 Å². The predicted octanol–water partition coefficient (Wildman–Crippen LogP) is -12.2. The van der Waals surface area contributed by atoms with Crippen molar-refractivity contribution in [3.63, 3.8) is 0 Å². The molecule has 0 amide bonds. The summed E-state index contributed by atoms with van der Waals surface area (Å²) < 4.78 is 202. The Morgan fingerprint density at radius 1 is 0.613 bits per heavy atom. The van der Waals surface area contributed by atoms with Crippen LogP contribution in [-0.2, 0) is 78.4 Å². The average Bonchev–Trinajstić information content (AvgIpc) is 3.28. The van der Waals surface area contributed by atoms with Crippen LogP contribution in [0.15, 0.2) is 124 Å². The number of aromatic hydroxyl groups is 1. The summed E-state index contributed by atoms with van der Waals surface area (Å²) in [6.45, 7) is -1.96. The van der Waals surface area contributed by atoms with E-state index in [0.29, 0.717) is 6.07 Å². The third-order valence-electron chi connectivity index (χ3n) is 9.16. The molecule has 0 atom stereocenters. The summed E-state index contributed by atoms with van der Waals surface area (Å²) in [5.41, 5.74) is 2.85. The van der Waals surface area contributed by atoms with Gasteiger partial charge < -0.3 is 44.9 Å². The summed E-state index contributed by atoms with van der Waals surface area (Å²) in [6.07, 6.45) is 0. The normalized spacial score (nSPS) is 12.2. The Bertz CT molecular complexity index is 4000. The molecule has 32 nitrogen and oxygen atoms in total. The number of rotatable bonds is 23. The summed E-state index contributed by atoms with van der Waals surface area (Å²) in [5, 5.41) is 45.0. The molecule has 0 aliphatic heterocycles. The molecule has 402 valence electrons. The number of sulfone groups is 2. The first kappa shape index (κ1) is 76.8. The predicted molar refractivity (Wildman–Crippen MR) is 248 cm³/mol. The number of phenolic OH excluding ortho intramolecular Hbond substituents is 1. The van der Waals surface area contributed by atoms with E-state index in [1.807, 2.05) is 0 Å². The zero-order valence-corrected chi connectivity index (χ0v) is 57.8. The van der Waals surface area contributed by atoms with Crippen molar-refractivity contribution in [3.05, 3.63) is 84.1 Å². The van der Waals surface area contributed by atoms with Crippen LogP contribution in [0.5, 0.6) is 5.75 Å². The number of nitrogens with zero attached hydrogens (tertiary/aromatic N) is 7. The van der Waals surface area contributed by atoms with Crippen molar-refractivity contribution in [1.82, 2.24) is 15.0 Å². The molecule has 1 heterocycles. The third-order valence-corrected chi connectivity index (χ3v) is 16.0. The molecule has 45 heteroatoms. The minimum atomic E-state index is -5.51. The summed E-state index contributed by atoms with van der Waals surface area (Å²) in [4.78, 5) is 8.57. The van der Waals surface area contributed by atoms with Crippen LogP contribution < -0.4 is 169 Å². The van der Waals surface area contributed by atoms with Crippen LogP contribution in [-0.4, -0.2) is 113 Å². The van der Waals surface area contributed by atoms with Crippen LogP contribution in [0, 0.1) is 0 Å². The van der Waals surface area contributed by atoms with Crippen LogP contribution in [0.2, 0.25) is 5.28 Å². The Morgan fingerprint density at radius 2 is 1.14 bits per heavy atom. The summed E-state index contributed by atoms with van der Waals surface area (Å²) in [6, 6.07) is 13.3. The van der Waals surface area contributed by atoms with Crippen LogP contribution in [0.3, 0.4) is 0 Å². The van der Waals surface area contributed by atoms with Gasteiger partial charge in [0.2, 0.25) is 38.0 Å². The summed E-state index contributed by atoms with van der Waals surface area (Å²) >= 11 is 6.13. The summed E-state index contributed by atoms with van der Waals surface area (Å²) in [5.74, 6) is -3.54. The van der Waals surface area contributed by atoms with Gasteiger partial charge >= 0.3 is 148 Å². The van der Waals surface area contributed by atoms with E-state index in [9.17, 15) is 79.1 Å². The van der Waals surface area contributed by atoms with E-state index in [-0.39, 0.29) is 199 Å². The molecule has 0 aliphatic rings. The van der Waals surface area contributed by atoms with E-state index in [4.69, 9.17) is 17.3 Å². The van der Waals surface area contributed by atoms with Gasteiger partial charge in [0.1, 0.15) is 37.3 Å². The molecular formula is C35H26ClN10Na5O22S7. The minimum Gasteiger partial charge on any atom is -0.744 e. The number of hydrogen-bond acceptors (Lipinski definition) is 33. The van der Waals surface area contributed by atoms with E-state index >= 15 is 0 Å². The summed E-state index contributed by atoms with van der Waals surface area (Å²) in [7, 11) is -29.7. The van der Waals surface area contributed by atoms with Gasteiger partial charge in [0, 0.05) is 11.4 Å². The van der Waals surface area contributed by atoms with Gasteiger partial charge in [-0.25, -0.2) is 50.5 Å². The maximum absolute atomic E-state index is 12.7. The first-order chi connectivity index (χ1) is 34.8. The molecule has 6 aromatic rings. The maximum atomic E-state index is 12.7. The zero-order chi connectivity index (χ0) is 55.3. The first-order valence-corrected chi connectivity index (χ1v) is 29.2. The second-order valence-corrected chi connectivity index (χ2v) is 24.2. The van der Waals surface area contributed by atoms with Crippen LogP contribution in [0.25, 0.3) is 10.8 Å². The molecule has 0 saturated carbocycles. The number of fused-ring (bicyclic) bond motifs is 1. The molecule has 80 heavy (non-hydrogen) atoms. The molecule has 5 N–H and O–H groups in total. The number of azo groups is 2. The molecule has 0 bridgehead atoms. The SMILES string of the molecule is Nc1c(N=Nc2ccc(S(=O)(=O)CCOS(=O)(=O)[O-])cc2)c(S(=O)(=O)[O-])cc2cc(SOO[O-])c(N=Nc3cc(Nc4nc(Cl)nc(Nc5cccc(S(=O)(=O)CCOS(=O)(=O)[O-])c5)n4)ccc3S(=O)(=O)[O-])c(O)c12.[Na+].[Na+].[Na+].[Na+].[Na+]. The Morgan fingerprint density at radius 3 is 1.66 bits per heavy atom. The fourth-order valence-electron chi connectivity index (χ4n) is 6.05. The van der Waals surface area contributed by atoms with Gasteiger partial charge in [-0.2, -0.15) is 24.4 Å². The Kier molecular flexibility index (Phi) is 30.6. The Labute approximate surface area is 574 Å². The minimum absolute atomic E-state index is 0. The molecular weight excluding hydrogens is 1290 g/mol. The molecule has 0 unspecified atom stereocenters. The number of phenols is 1. The van der Waals surface area contributed by atoms with Crippen molar-refractivity contribution >= 4 is 147 Å². The van der Waals surface area contributed by atoms with Crippen LogP contribution >= 0.6 is 23.6 Å². The third kappa shape index (κ3) is 21.9. The molecule has 0 aliphatic carbocycles. The van der Waals surface area contributed by atoms with E-state index in [1.165, 1.54) is 12.1 Å². The van der Waals surface area contributed by atoms with E-state index < -0.39 is 144 Å². The monoisotopic (exact) mass is 1310 g/mol. The number of nitrogens with two attached hydrogens (primary N) is 1. The second-order valence-electron chi connectivity index (χ2n) is 14.1. The quantitative estimate of drug-likeness (QED) is 0.00676. The Hall–Kier alpha value is -1.25. The molecule has 0 spiro atoms. The average molecular weight is 1310 g/mol. The van der Waals surface area contributed by atoms with Gasteiger partial charge in [0.15, 0.2) is 25.4 Å². The fourth-order valence-corrected chi connectivity index (χ4v) is 11.0. The number of hydrogen-bond donors (Lipinski definition) is 4. The van der Waals surface area contributed by atoms with Crippen LogP contribution in [0.4, 0.5) is 51.7 Å². The van der Waals surface area contributed by atoms with E-state index in [2.05, 4.69) is 63.8 Å². The van der Waals surface area contributed by atoms with E-state index in [0.717, 1.165) is 60.7 Å². The first-order valence-electron chi connectivity index (χ1n) is 19.3. The van der Waals surface area contributed by atoms with Gasteiger partial charge in [-0.1, -0.05) is 6.07 Å². The van der Waals surface area contributed by atoms with Crippen molar-refractivity contribution < 1.29 is 245 Å². The molecule has 1 aromatic heterocycles. The standard InChI is InChI=1S/C35H31ClN10O22S7.5Na/c36-33-40-34(38-20-2-1-3-23(16-20)71(51,52)13-11-66-75(62,63)64)42-35(41-33)39-21-6-9-26(72(53,54)55)24(17-21)44-45-30-25(69-68-67-48)14-18-15-27(73(56,57)58)31(29(37)28(18)32(30)47)46-43-19-4-7-22(8-5-19)70(49,50)12-10-65-74(59,60)61;;;;;/h1-9,14-17,47-48H,10-13,37H2,(H,53,54,55)(H,56,57,58)(H,59,60,61)(H,62,63,64)(H2,38,39,40,41,42);;;;;/q;5*+1/p-5. The van der Waals surface area contributed by atoms with Crippen molar-refractivity contribution in [3.8, 4) is 5.75 Å². The number of aromatic nitrogens is 3. The molecule has 0 fully saturated rings. The van der Waals surface area contributed by atoms with Crippen LogP contribution in [0.1, 0.15) is 0 Å². The molecule has 0 saturated heterocycles.